The summed E-state index contributed by atoms with van der Waals surface area (Å²) in [4.78, 5) is 10.9. The van der Waals surface area contributed by atoms with Gasteiger partial charge in [-0.3, -0.25) is 14.2 Å². The molecule has 12 heteroatoms. The quantitative estimate of drug-likeness (QED) is 0.502. The fourth-order valence-electron chi connectivity index (χ4n) is 3.05. The second-order valence-electron chi connectivity index (χ2n) is 6.91. The molecular weight excluding hydrogens is 464 g/mol. The second kappa shape index (κ2) is 7.88. The maximum absolute atomic E-state index is 13.3. The van der Waals surface area contributed by atoms with Crippen LogP contribution in [-0.4, -0.2) is 22.7 Å². The molecular formula is C20H15F2N3O5S2. The summed E-state index contributed by atoms with van der Waals surface area (Å²) in [6.07, 6.45) is 0.0888. The van der Waals surface area contributed by atoms with E-state index in [1.165, 1.54) is 42.5 Å². The maximum atomic E-state index is 13.3. The van der Waals surface area contributed by atoms with Crippen molar-refractivity contribution in [2.24, 2.45) is 0 Å². The Morgan fingerprint density at radius 3 is 1.81 bits per heavy atom. The van der Waals surface area contributed by atoms with Gasteiger partial charge in [0, 0.05) is 17.1 Å². The molecule has 8 nitrogen and oxygen atoms in total. The molecule has 32 heavy (non-hydrogen) atoms. The molecule has 0 bridgehead atoms. The Hall–Kier alpha value is -3.51. The van der Waals surface area contributed by atoms with Crippen LogP contribution in [-0.2, 0) is 31.3 Å². The van der Waals surface area contributed by atoms with Gasteiger partial charge in [0.2, 0.25) is 5.91 Å². The second-order valence-corrected chi connectivity index (χ2v) is 10.3. The van der Waals surface area contributed by atoms with Gasteiger partial charge in [-0.1, -0.05) is 0 Å². The lowest BCUT2D eigenvalue weighted by atomic mass is 10.2. The van der Waals surface area contributed by atoms with Gasteiger partial charge in [-0.15, -0.1) is 0 Å². The number of carbonyl (C=O) groups is 1. The number of halogens is 2. The summed E-state index contributed by atoms with van der Waals surface area (Å²) in [7, 11) is -8.14. The van der Waals surface area contributed by atoms with Crippen molar-refractivity contribution in [3.8, 4) is 0 Å². The molecule has 0 unspecified atom stereocenters. The van der Waals surface area contributed by atoms with Gasteiger partial charge in [-0.25, -0.2) is 25.6 Å². The summed E-state index contributed by atoms with van der Waals surface area (Å²) in [5.74, 6) is -2.69. The molecule has 3 aromatic rings. The van der Waals surface area contributed by atoms with Crippen LogP contribution < -0.4 is 14.8 Å². The first-order valence-corrected chi connectivity index (χ1v) is 12.0. The number of rotatable bonds is 6. The van der Waals surface area contributed by atoms with E-state index >= 15 is 0 Å². The summed E-state index contributed by atoms with van der Waals surface area (Å²) < 4.78 is 80.9. The first-order valence-electron chi connectivity index (χ1n) is 9.07. The third-order valence-corrected chi connectivity index (χ3v) is 7.36. The summed E-state index contributed by atoms with van der Waals surface area (Å²) in [6, 6.07) is 11.7. The van der Waals surface area contributed by atoms with Crippen molar-refractivity contribution in [2.45, 2.75) is 16.2 Å². The Bertz CT molecular complexity index is 1440. The van der Waals surface area contributed by atoms with Crippen LogP contribution in [0.25, 0.3) is 0 Å². The van der Waals surface area contributed by atoms with Crippen molar-refractivity contribution in [3.63, 3.8) is 0 Å². The van der Waals surface area contributed by atoms with Crippen LogP contribution in [0.1, 0.15) is 5.56 Å². The van der Waals surface area contributed by atoms with E-state index in [4.69, 9.17) is 0 Å². The van der Waals surface area contributed by atoms with Crippen molar-refractivity contribution in [2.75, 3.05) is 14.8 Å². The molecule has 0 saturated heterocycles. The molecule has 4 rings (SSSR count). The number of amides is 1. The predicted molar refractivity (Wildman–Crippen MR) is 113 cm³/mol. The molecule has 0 atom stereocenters. The minimum Gasteiger partial charge on any atom is -0.326 e. The zero-order valence-corrected chi connectivity index (χ0v) is 17.7. The zero-order chi connectivity index (χ0) is 23.1. The zero-order valence-electron chi connectivity index (χ0n) is 16.1. The predicted octanol–water partition coefficient (Wildman–Crippen LogP) is 3.06. The lowest BCUT2D eigenvalue weighted by Gasteiger charge is -2.11. The molecule has 1 amide bonds. The van der Waals surface area contributed by atoms with Crippen molar-refractivity contribution in [1.29, 1.82) is 0 Å². The fourth-order valence-corrected chi connectivity index (χ4v) is 5.23. The van der Waals surface area contributed by atoms with E-state index < -0.39 is 36.6 Å². The van der Waals surface area contributed by atoms with Crippen LogP contribution in [0.2, 0.25) is 0 Å². The van der Waals surface area contributed by atoms with Crippen LogP contribution in [0.3, 0.4) is 0 Å². The minimum atomic E-state index is -4.18. The highest BCUT2D eigenvalue weighted by Crippen LogP contribution is 2.27. The molecule has 1 aliphatic rings. The molecule has 0 radical (unpaired) electrons. The SMILES string of the molecule is O=C1Cc2cc(S(=O)(=O)Nc3ccc(NS(=O)(=O)c4ccc(F)c(F)c4)cc3)ccc2N1. The standard InChI is InChI=1S/C20H15F2N3O5S2/c21-17-7-5-16(11-18(17)22)32(29,30)25-14-3-1-13(2-4-14)24-31(27,28)15-6-8-19-12(9-15)10-20(26)23-19/h1-9,11,24-25H,10H2,(H,23,26). The van der Waals surface area contributed by atoms with Gasteiger partial charge in [-0.05, 0) is 66.2 Å². The Labute approximate surface area is 182 Å². The van der Waals surface area contributed by atoms with Crippen LogP contribution in [0.5, 0.6) is 0 Å². The van der Waals surface area contributed by atoms with E-state index in [1.807, 2.05) is 0 Å². The number of carbonyl (C=O) groups excluding carboxylic acids is 1. The van der Waals surface area contributed by atoms with Crippen LogP contribution in [0.15, 0.2) is 70.5 Å². The van der Waals surface area contributed by atoms with Gasteiger partial charge in [0.15, 0.2) is 11.6 Å². The topological polar surface area (TPSA) is 121 Å². The fraction of sp³-hybridized carbons (Fsp3) is 0.0500. The van der Waals surface area contributed by atoms with Crippen molar-refractivity contribution in [3.05, 3.63) is 77.9 Å². The number of nitrogens with one attached hydrogen (secondary N) is 3. The lowest BCUT2D eigenvalue weighted by Crippen LogP contribution is -2.14. The van der Waals surface area contributed by atoms with Crippen molar-refractivity contribution >= 4 is 43.0 Å². The van der Waals surface area contributed by atoms with Crippen molar-refractivity contribution in [1.82, 2.24) is 0 Å². The van der Waals surface area contributed by atoms with E-state index in [-0.39, 0.29) is 28.6 Å². The Morgan fingerprint density at radius 1 is 0.719 bits per heavy atom. The molecule has 0 fully saturated rings. The molecule has 3 aromatic carbocycles. The number of benzene rings is 3. The molecule has 1 heterocycles. The number of fused-ring (bicyclic) bond motifs is 1. The van der Waals surface area contributed by atoms with Gasteiger partial charge in [0.1, 0.15) is 0 Å². The van der Waals surface area contributed by atoms with Gasteiger partial charge >= 0.3 is 0 Å². The van der Waals surface area contributed by atoms with E-state index in [9.17, 15) is 30.4 Å². The molecule has 0 saturated carbocycles. The average Bonchev–Trinajstić information content (AvgIpc) is 3.10. The summed E-state index contributed by atoms with van der Waals surface area (Å²) in [6.45, 7) is 0. The summed E-state index contributed by atoms with van der Waals surface area (Å²) >= 11 is 0. The number of anilines is 3. The average molecular weight is 479 g/mol. The summed E-state index contributed by atoms with van der Waals surface area (Å²) in [5, 5.41) is 2.62. The highest BCUT2D eigenvalue weighted by atomic mass is 32.2. The van der Waals surface area contributed by atoms with E-state index in [2.05, 4.69) is 14.8 Å². The molecule has 3 N–H and O–H groups in total. The Balaban J connectivity index is 1.49. The Morgan fingerprint density at radius 2 is 1.25 bits per heavy atom. The highest BCUT2D eigenvalue weighted by Gasteiger charge is 2.22. The first-order chi connectivity index (χ1) is 15.0. The number of hydrogen-bond acceptors (Lipinski definition) is 5. The smallest absolute Gasteiger partial charge is 0.261 e. The van der Waals surface area contributed by atoms with E-state index in [0.717, 1.165) is 6.07 Å². The van der Waals surface area contributed by atoms with Gasteiger partial charge in [0.25, 0.3) is 20.0 Å². The molecule has 0 aliphatic carbocycles. The molecule has 166 valence electrons. The minimum absolute atomic E-state index is 0.0316. The van der Waals surface area contributed by atoms with Crippen LogP contribution >= 0.6 is 0 Å². The Kier molecular flexibility index (Phi) is 5.34. The number of sulfonamides is 2. The van der Waals surface area contributed by atoms with Gasteiger partial charge < -0.3 is 5.32 Å². The highest BCUT2D eigenvalue weighted by molar-refractivity contribution is 7.93. The lowest BCUT2D eigenvalue weighted by molar-refractivity contribution is -0.115. The van der Waals surface area contributed by atoms with Crippen LogP contribution in [0, 0.1) is 11.6 Å². The maximum Gasteiger partial charge on any atom is 0.261 e. The first kappa shape index (κ1) is 21.7. The monoisotopic (exact) mass is 479 g/mol. The third-order valence-electron chi connectivity index (χ3n) is 4.60. The molecule has 0 aromatic heterocycles. The van der Waals surface area contributed by atoms with Gasteiger partial charge in [0.05, 0.1) is 16.2 Å². The van der Waals surface area contributed by atoms with E-state index in [0.29, 0.717) is 23.4 Å². The largest absolute Gasteiger partial charge is 0.326 e. The summed E-state index contributed by atoms with van der Waals surface area (Å²) in [5.41, 5.74) is 1.38. The third kappa shape index (κ3) is 4.41. The molecule has 1 aliphatic heterocycles. The van der Waals surface area contributed by atoms with Crippen molar-refractivity contribution < 1.29 is 30.4 Å². The molecule has 0 spiro atoms. The van der Waals surface area contributed by atoms with Crippen LogP contribution in [0.4, 0.5) is 25.8 Å². The van der Waals surface area contributed by atoms with Gasteiger partial charge in [-0.2, -0.15) is 0 Å². The van der Waals surface area contributed by atoms with E-state index in [1.54, 1.807) is 0 Å². The normalized spacial score (nSPS) is 13.4. The number of hydrogen-bond donors (Lipinski definition) is 3.